The Morgan fingerprint density at radius 2 is 1.76 bits per heavy atom. The number of aromatic nitrogens is 2. The van der Waals surface area contributed by atoms with Crippen LogP contribution in [0.3, 0.4) is 0 Å². The molecule has 17 heavy (non-hydrogen) atoms. The van der Waals surface area contributed by atoms with Gasteiger partial charge in [0.2, 0.25) is 17.7 Å². The molecule has 0 spiro atoms. The number of nitrogen functional groups attached to an aromatic ring is 2. The molecular weight excluding hydrogens is 222 g/mol. The van der Waals surface area contributed by atoms with E-state index in [1.54, 1.807) is 7.05 Å². The number of hydrogen-bond acceptors (Lipinski definition) is 7. The van der Waals surface area contributed by atoms with Crippen LogP contribution in [0.5, 0.6) is 11.8 Å². The Bertz CT molecular complexity index is 370. The molecule has 0 aliphatic rings. The van der Waals surface area contributed by atoms with Gasteiger partial charge in [0.1, 0.15) is 6.73 Å². The number of hydrogen-bond donors (Lipinski definition) is 3. The lowest BCUT2D eigenvalue weighted by Crippen LogP contribution is -2.17. The van der Waals surface area contributed by atoms with Crippen LogP contribution in [0.25, 0.3) is 0 Å². The highest BCUT2D eigenvalue weighted by molar-refractivity contribution is 5.58. The first-order valence-electron chi connectivity index (χ1n) is 5.37. The molecule has 1 heterocycles. The minimum atomic E-state index is 0.0732. The lowest BCUT2D eigenvalue weighted by atomic mass is 10.2. The molecular formula is C10H19N5O2. The largest absolute Gasteiger partial charge is 0.476 e. The molecule has 0 fully saturated rings. The standard InChI is InChI=1S/C10H19N5O2/c1-6(2)4-16-8-7(11)9(17-5-13-3)15-10(12)14-8/h6,13H,4-5,11H2,1-3H3,(H2,12,14,15). The van der Waals surface area contributed by atoms with Crippen LogP contribution in [0, 0.1) is 5.92 Å². The van der Waals surface area contributed by atoms with Crippen LogP contribution < -0.4 is 26.3 Å². The summed E-state index contributed by atoms with van der Waals surface area (Å²) in [6.45, 7) is 4.84. The zero-order chi connectivity index (χ0) is 12.8. The van der Waals surface area contributed by atoms with Crippen LogP contribution in [-0.2, 0) is 0 Å². The highest BCUT2D eigenvalue weighted by atomic mass is 16.5. The first-order valence-corrected chi connectivity index (χ1v) is 5.37. The number of nitrogens with two attached hydrogens (primary N) is 2. The highest BCUT2D eigenvalue weighted by Crippen LogP contribution is 2.28. The van der Waals surface area contributed by atoms with E-state index in [1.165, 1.54) is 0 Å². The fraction of sp³-hybridized carbons (Fsp3) is 0.600. The quantitative estimate of drug-likeness (QED) is 0.612. The van der Waals surface area contributed by atoms with Crippen molar-refractivity contribution < 1.29 is 9.47 Å². The van der Waals surface area contributed by atoms with Crippen LogP contribution in [0.4, 0.5) is 11.6 Å². The van der Waals surface area contributed by atoms with E-state index in [0.29, 0.717) is 12.5 Å². The van der Waals surface area contributed by atoms with Gasteiger partial charge in [0, 0.05) is 0 Å². The van der Waals surface area contributed by atoms with Gasteiger partial charge in [-0.1, -0.05) is 13.8 Å². The summed E-state index contributed by atoms with van der Waals surface area (Å²) in [6, 6.07) is 0. The van der Waals surface area contributed by atoms with Crippen molar-refractivity contribution in [2.75, 3.05) is 31.9 Å². The molecule has 1 aromatic rings. The second kappa shape index (κ2) is 6.09. The van der Waals surface area contributed by atoms with Gasteiger partial charge < -0.3 is 20.9 Å². The average Bonchev–Trinajstić information content (AvgIpc) is 2.27. The Kier molecular flexibility index (Phi) is 4.77. The molecule has 1 rings (SSSR count). The maximum atomic E-state index is 5.82. The third kappa shape index (κ3) is 3.95. The smallest absolute Gasteiger partial charge is 0.247 e. The first-order chi connectivity index (χ1) is 8.04. The van der Waals surface area contributed by atoms with Gasteiger partial charge in [-0.05, 0) is 13.0 Å². The summed E-state index contributed by atoms with van der Waals surface area (Å²) >= 11 is 0. The molecule has 0 aliphatic carbocycles. The summed E-state index contributed by atoms with van der Waals surface area (Å²) in [7, 11) is 1.75. The first kappa shape index (κ1) is 13.3. The van der Waals surface area contributed by atoms with Crippen molar-refractivity contribution in [3.05, 3.63) is 0 Å². The van der Waals surface area contributed by atoms with Crippen molar-refractivity contribution in [2.24, 2.45) is 5.92 Å². The van der Waals surface area contributed by atoms with E-state index >= 15 is 0 Å². The second-order valence-corrected chi connectivity index (χ2v) is 3.95. The maximum Gasteiger partial charge on any atom is 0.247 e. The van der Waals surface area contributed by atoms with E-state index in [-0.39, 0.29) is 30.1 Å². The summed E-state index contributed by atoms with van der Waals surface area (Å²) in [5.74, 6) is 0.930. The second-order valence-electron chi connectivity index (χ2n) is 3.95. The molecule has 96 valence electrons. The molecule has 5 N–H and O–H groups in total. The van der Waals surface area contributed by atoms with Gasteiger partial charge in [-0.3, -0.25) is 5.32 Å². The van der Waals surface area contributed by atoms with Crippen molar-refractivity contribution in [1.82, 2.24) is 15.3 Å². The molecule has 7 heteroatoms. The molecule has 0 unspecified atom stereocenters. The molecule has 0 atom stereocenters. The molecule has 0 saturated heterocycles. The Morgan fingerprint density at radius 1 is 1.18 bits per heavy atom. The summed E-state index contributed by atoms with van der Waals surface area (Å²) in [5, 5.41) is 2.81. The molecule has 1 aromatic heterocycles. The van der Waals surface area contributed by atoms with Crippen molar-refractivity contribution in [3.8, 4) is 11.8 Å². The fourth-order valence-corrected chi connectivity index (χ4v) is 1.05. The molecule has 0 amide bonds. The van der Waals surface area contributed by atoms with Gasteiger partial charge in [0.25, 0.3) is 0 Å². The van der Waals surface area contributed by atoms with Crippen LogP contribution in [0.2, 0.25) is 0 Å². The minimum Gasteiger partial charge on any atom is -0.476 e. The van der Waals surface area contributed by atoms with E-state index in [9.17, 15) is 0 Å². The zero-order valence-corrected chi connectivity index (χ0v) is 10.4. The zero-order valence-electron chi connectivity index (χ0n) is 10.4. The number of rotatable bonds is 6. The Labute approximate surface area is 101 Å². The van der Waals surface area contributed by atoms with Crippen LogP contribution in [-0.4, -0.2) is 30.4 Å². The van der Waals surface area contributed by atoms with E-state index in [0.717, 1.165) is 0 Å². The normalized spacial score (nSPS) is 10.6. The summed E-state index contributed by atoms with van der Waals surface area (Å²) in [6.07, 6.45) is 0. The topological polar surface area (TPSA) is 108 Å². The van der Waals surface area contributed by atoms with Gasteiger partial charge in [0.15, 0.2) is 5.69 Å². The lowest BCUT2D eigenvalue weighted by molar-refractivity contribution is 0.255. The molecule has 0 bridgehead atoms. The maximum absolute atomic E-state index is 5.82. The van der Waals surface area contributed by atoms with E-state index in [4.69, 9.17) is 20.9 Å². The summed E-state index contributed by atoms with van der Waals surface area (Å²) in [4.78, 5) is 7.83. The van der Waals surface area contributed by atoms with Crippen molar-refractivity contribution >= 4 is 11.6 Å². The van der Waals surface area contributed by atoms with E-state index in [1.807, 2.05) is 13.8 Å². The number of nitrogens with zero attached hydrogens (tertiary/aromatic N) is 2. The van der Waals surface area contributed by atoms with Crippen molar-refractivity contribution in [3.63, 3.8) is 0 Å². The Hall–Kier alpha value is -1.76. The lowest BCUT2D eigenvalue weighted by Gasteiger charge is -2.13. The minimum absolute atomic E-state index is 0.0732. The summed E-state index contributed by atoms with van der Waals surface area (Å²) < 4.78 is 10.7. The van der Waals surface area contributed by atoms with E-state index < -0.39 is 0 Å². The van der Waals surface area contributed by atoms with Crippen molar-refractivity contribution in [1.29, 1.82) is 0 Å². The van der Waals surface area contributed by atoms with Crippen LogP contribution in [0.15, 0.2) is 0 Å². The van der Waals surface area contributed by atoms with Gasteiger partial charge >= 0.3 is 0 Å². The number of anilines is 2. The number of ether oxygens (including phenoxy) is 2. The third-order valence-electron chi connectivity index (χ3n) is 1.80. The highest BCUT2D eigenvalue weighted by Gasteiger charge is 2.13. The van der Waals surface area contributed by atoms with Crippen LogP contribution >= 0.6 is 0 Å². The Morgan fingerprint density at radius 3 is 2.29 bits per heavy atom. The van der Waals surface area contributed by atoms with Gasteiger partial charge in [0.05, 0.1) is 6.61 Å². The molecule has 7 nitrogen and oxygen atoms in total. The molecule has 0 radical (unpaired) electrons. The average molecular weight is 241 g/mol. The van der Waals surface area contributed by atoms with Gasteiger partial charge in [-0.15, -0.1) is 0 Å². The summed E-state index contributed by atoms with van der Waals surface area (Å²) in [5.41, 5.74) is 11.6. The predicted molar refractivity (Wildman–Crippen MR) is 65.7 cm³/mol. The SMILES string of the molecule is CNCOc1nc(N)nc(OCC(C)C)c1N. The number of nitrogens with one attached hydrogen (secondary N) is 1. The van der Waals surface area contributed by atoms with Crippen LogP contribution in [0.1, 0.15) is 13.8 Å². The van der Waals surface area contributed by atoms with Gasteiger partial charge in [-0.2, -0.15) is 9.97 Å². The monoisotopic (exact) mass is 241 g/mol. The van der Waals surface area contributed by atoms with E-state index in [2.05, 4.69) is 15.3 Å². The molecule has 0 saturated carbocycles. The fourth-order valence-electron chi connectivity index (χ4n) is 1.05. The third-order valence-corrected chi connectivity index (χ3v) is 1.80. The Balaban J connectivity index is 2.85. The predicted octanol–water partition coefficient (Wildman–Crippen LogP) is 0.231. The van der Waals surface area contributed by atoms with Crippen molar-refractivity contribution in [2.45, 2.75) is 13.8 Å². The molecule has 0 aliphatic heterocycles. The molecule has 0 aromatic carbocycles. The van der Waals surface area contributed by atoms with Gasteiger partial charge in [-0.25, -0.2) is 0 Å².